The number of halogens is 2. The number of pyridine rings is 1. The number of rotatable bonds is 3. The molecule has 3 nitrogen and oxygen atoms in total. The topological polar surface area (TPSA) is 48.8 Å². The molecule has 0 spiro atoms. The predicted octanol–water partition coefficient (Wildman–Crippen LogP) is 3.97. The third-order valence-corrected chi connectivity index (χ3v) is 3.03. The van der Waals surface area contributed by atoms with E-state index >= 15 is 0 Å². The van der Waals surface area contributed by atoms with Gasteiger partial charge in [-0.25, -0.2) is 9.37 Å². The van der Waals surface area contributed by atoms with E-state index in [1.807, 2.05) is 0 Å². The van der Waals surface area contributed by atoms with Crippen LogP contribution in [0.2, 0.25) is 5.15 Å². The third-order valence-electron chi connectivity index (χ3n) is 2.76. The van der Waals surface area contributed by atoms with Gasteiger partial charge in [0.25, 0.3) is 0 Å². The summed E-state index contributed by atoms with van der Waals surface area (Å²) in [4.78, 5) is 4.27. The van der Waals surface area contributed by atoms with Crippen LogP contribution in [0.3, 0.4) is 0 Å². The molecular formula is C14H13ClFN3. The number of hydrogen-bond donors (Lipinski definition) is 2. The van der Waals surface area contributed by atoms with Crippen molar-refractivity contribution in [1.29, 1.82) is 5.41 Å². The first-order valence-corrected chi connectivity index (χ1v) is 6.10. The highest BCUT2D eigenvalue weighted by Gasteiger charge is 2.13. The van der Waals surface area contributed by atoms with Crippen LogP contribution in [-0.4, -0.2) is 17.7 Å². The van der Waals surface area contributed by atoms with Crippen LogP contribution in [0.15, 0.2) is 30.3 Å². The molecule has 2 N–H and O–H groups in total. The summed E-state index contributed by atoms with van der Waals surface area (Å²) in [6, 6.07) is 7.83. The van der Waals surface area contributed by atoms with Gasteiger partial charge in [-0.05, 0) is 37.3 Å². The van der Waals surface area contributed by atoms with Crippen molar-refractivity contribution in [3.8, 4) is 11.3 Å². The van der Waals surface area contributed by atoms with E-state index in [1.165, 1.54) is 12.1 Å². The average molecular weight is 278 g/mol. The Morgan fingerprint density at radius 1 is 1.32 bits per heavy atom. The molecular weight excluding hydrogens is 265 g/mol. The van der Waals surface area contributed by atoms with Gasteiger partial charge >= 0.3 is 0 Å². The van der Waals surface area contributed by atoms with E-state index in [0.717, 1.165) is 11.3 Å². The Kier molecular flexibility index (Phi) is 3.81. The highest BCUT2D eigenvalue weighted by molar-refractivity contribution is 6.33. The predicted molar refractivity (Wildman–Crippen MR) is 76.7 cm³/mol. The molecule has 2 aromatic rings. The lowest BCUT2D eigenvalue weighted by molar-refractivity contribution is 0.628. The van der Waals surface area contributed by atoms with Crippen molar-refractivity contribution in [2.24, 2.45) is 0 Å². The smallest absolute Gasteiger partial charge is 0.140 e. The largest absolute Gasteiger partial charge is 0.387 e. The summed E-state index contributed by atoms with van der Waals surface area (Å²) in [5.41, 5.74) is 3.06. The number of nitrogens with one attached hydrogen (secondary N) is 2. The summed E-state index contributed by atoms with van der Waals surface area (Å²) in [5.74, 6) is -0.296. The van der Waals surface area contributed by atoms with Crippen LogP contribution in [0.1, 0.15) is 12.5 Å². The van der Waals surface area contributed by atoms with Gasteiger partial charge in [-0.2, -0.15) is 0 Å². The fourth-order valence-electron chi connectivity index (χ4n) is 1.84. The van der Waals surface area contributed by atoms with Gasteiger partial charge in [-0.3, -0.25) is 0 Å². The summed E-state index contributed by atoms with van der Waals surface area (Å²) >= 11 is 6.12. The maximum absolute atomic E-state index is 12.9. The molecule has 0 fully saturated rings. The van der Waals surface area contributed by atoms with E-state index in [0.29, 0.717) is 17.0 Å². The second-order valence-electron chi connectivity index (χ2n) is 4.10. The third kappa shape index (κ3) is 2.74. The maximum Gasteiger partial charge on any atom is 0.140 e. The fraction of sp³-hybridized carbons (Fsp3) is 0.143. The summed E-state index contributed by atoms with van der Waals surface area (Å²) in [6.07, 6.45) is 0. The normalized spacial score (nSPS) is 10.3. The summed E-state index contributed by atoms with van der Waals surface area (Å²) in [7, 11) is 1.76. The molecule has 0 saturated carbocycles. The van der Waals surface area contributed by atoms with Crippen LogP contribution in [0, 0.1) is 11.2 Å². The van der Waals surface area contributed by atoms with Crippen molar-refractivity contribution < 1.29 is 4.39 Å². The van der Waals surface area contributed by atoms with Crippen LogP contribution in [0.4, 0.5) is 10.1 Å². The molecule has 0 unspecified atom stereocenters. The minimum absolute atomic E-state index is 0.263. The Morgan fingerprint density at radius 2 is 1.95 bits per heavy atom. The standard InChI is InChI=1S/C14H13ClFN3/c1-8(17)13-12(18-2)7-11(19-14(13)15)9-3-5-10(16)6-4-9/h3-7,17H,1-2H3,(H,18,19). The molecule has 0 radical (unpaired) electrons. The van der Waals surface area contributed by atoms with Gasteiger partial charge in [-0.1, -0.05) is 11.6 Å². The highest BCUT2D eigenvalue weighted by Crippen LogP contribution is 2.29. The molecule has 2 rings (SSSR count). The first-order chi connectivity index (χ1) is 9.02. The molecule has 0 atom stereocenters. The van der Waals surface area contributed by atoms with E-state index < -0.39 is 0 Å². The average Bonchev–Trinajstić information content (AvgIpc) is 2.38. The zero-order chi connectivity index (χ0) is 14.0. The van der Waals surface area contributed by atoms with Gasteiger partial charge in [0.2, 0.25) is 0 Å². The molecule has 0 saturated heterocycles. The monoisotopic (exact) mass is 277 g/mol. The molecule has 0 amide bonds. The molecule has 5 heteroatoms. The molecule has 1 aromatic carbocycles. The lowest BCUT2D eigenvalue weighted by Crippen LogP contribution is -2.04. The minimum Gasteiger partial charge on any atom is -0.387 e. The van der Waals surface area contributed by atoms with Gasteiger partial charge in [0.15, 0.2) is 0 Å². The van der Waals surface area contributed by atoms with Crippen LogP contribution in [-0.2, 0) is 0 Å². The zero-order valence-corrected chi connectivity index (χ0v) is 11.3. The molecule has 1 heterocycles. The minimum atomic E-state index is -0.296. The van der Waals surface area contributed by atoms with Gasteiger partial charge in [0.1, 0.15) is 11.0 Å². The number of nitrogens with zero attached hydrogens (tertiary/aromatic N) is 1. The molecule has 0 aliphatic carbocycles. The zero-order valence-electron chi connectivity index (χ0n) is 10.6. The van der Waals surface area contributed by atoms with Gasteiger partial charge in [0.05, 0.1) is 11.3 Å². The van der Waals surface area contributed by atoms with E-state index in [2.05, 4.69) is 10.3 Å². The molecule has 98 valence electrons. The van der Waals surface area contributed by atoms with Crippen molar-refractivity contribution in [2.45, 2.75) is 6.92 Å². The van der Waals surface area contributed by atoms with Crippen molar-refractivity contribution >= 4 is 23.0 Å². The molecule has 1 aromatic heterocycles. The highest BCUT2D eigenvalue weighted by atomic mass is 35.5. The van der Waals surface area contributed by atoms with Gasteiger partial charge in [0, 0.05) is 24.0 Å². The molecule has 0 aliphatic heterocycles. The Balaban J connectivity index is 2.57. The number of hydrogen-bond acceptors (Lipinski definition) is 3. The number of anilines is 1. The van der Waals surface area contributed by atoms with Gasteiger partial charge in [-0.15, -0.1) is 0 Å². The van der Waals surface area contributed by atoms with E-state index in [1.54, 1.807) is 32.2 Å². The van der Waals surface area contributed by atoms with Gasteiger partial charge < -0.3 is 10.7 Å². The van der Waals surface area contributed by atoms with Crippen LogP contribution >= 0.6 is 11.6 Å². The number of benzene rings is 1. The maximum atomic E-state index is 12.9. The Labute approximate surface area is 116 Å². The second-order valence-corrected chi connectivity index (χ2v) is 4.46. The summed E-state index contributed by atoms with van der Waals surface area (Å²) in [6.45, 7) is 1.65. The first kappa shape index (κ1) is 13.5. The van der Waals surface area contributed by atoms with Crippen molar-refractivity contribution in [2.75, 3.05) is 12.4 Å². The van der Waals surface area contributed by atoms with Crippen LogP contribution < -0.4 is 5.32 Å². The first-order valence-electron chi connectivity index (χ1n) is 5.72. The molecule has 0 aliphatic rings. The molecule has 19 heavy (non-hydrogen) atoms. The van der Waals surface area contributed by atoms with E-state index in [-0.39, 0.29) is 11.0 Å². The van der Waals surface area contributed by atoms with Crippen molar-refractivity contribution in [1.82, 2.24) is 4.98 Å². The quantitative estimate of drug-likeness (QED) is 0.659. The molecule has 0 bridgehead atoms. The lowest BCUT2D eigenvalue weighted by Gasteiger charge is -2.12. The summed E-state index contributed by atoms with van der Waals surface area (Å²) < 4.78 is 12.9. The summed E-state index contributed by atoms with van der Waals surface area (Å²) in [5, 5.41) is 11.0. The van der Waals surface area contributed by atoms with Crippen molar-refractivity contribution in [3.05, 3.63) is 46.9 Å². The SMILES string of the molecule is CNc1cc(-c2ccc(F)cc2)nc(Cl)c1C(C)=N. The Morgan fingerprint density at radius 3 is 2.47 bits per heavy atom. The lowest BCUT2D eigenvalue weighted by atomic mass is 10.1. The Bertz CT molecular complexity index is 623. The van der Waals surface area contributed by atoms with E-state index in [9.17, 15) is 4.39 Å². The fourth-order valence-corrected chi connectivity index (χ4v) is 2.17. The second kappa shape index (κ2) is 5.36. The van der Waals surface area contributed by atoms with E-state index in [4.69, 9.17) is 17.0 Å². The number of aromatic nitrogens is 1. The van der Waals surface area contributed by atoms with Crippen molar-refractivity contribution in [3.63, 3.8) is 0 Å². The van der Waals surface area contributed by atoms with Crippen LogP contribution in [0.5, 0.6) is 0 Å². The van der Waals surface area contributed by atoms with Crippen LogP contribution in [0.25, 0.3) is 11.3 Å². The Hall–Kier alpha value is -1.94.